The molecule has 1 fully saturated rings. The van der Waals surface area contributed by atoms with E-state index in [1.807, 2.05) is 31.0 Å². The predicted molar refractivity (Wildman–Crippen MR) is 76.5 cm³/mol. The van der Waals surface area contributed by atoms with Crippen molar-refractivity contribution in [2.45, 2.75) is 25.8 Å². The molecule has 0 radical (unpaired) electrons. The van der Waals surface area contributed by atoms with Gasteiger partial charge in [-0.3, -0.25) is 4.79 Å². The largest absolute Gasteiger partial charge is 0.371 e. The quantitative estimate of drug-likeness (QED) is 0.791. The first-order chi connectivity index (χ1) is 8.93. The molecule has 2 rings (SSSR count). The van der Waals surface area contributed by atoms with E-state index in [2.05, 4.69) is 0 Å². The van der Waals surface area contributed by atoms with Crippen molar-refractivity contribution >= 4 is 21.3 Å². The maximum atomic E-state index is 11.5. The maximum Gasteiger partial charge on any atom is 0.162 e. The van der Waals surface area contributed by atoms with Gasteiger partial charge in [-0.1, -0.05) is 6.92 Å². The Kier molecular flexibility index (Phi) is 3.94. The molecule has 19 heavy (non-hydrogen) atoms. The monoisotopic (exact) mass is 281 g/mol. The summed E-state index contributed by atoms with van der Waals surface area (Å²) in [5, 5.41) is 0. The molecule has 1 aromatic rings. The molecule has 0 aromatic heterocycles. The Bertz CT molecular complexity index is 563. The summed E-state index contributed by atoms with van der Waals surface area (Å²) in [5.74, 6) is 0.616. The van der Waals surface area contributed by atoms with Crippen molar-refractivity contribution < 1.29 is 13.2 Å². The topological polar surface area (TPSA) is 54.5 Å². The summed E-state index contributed by atoms with van der Waals surface area (Å²) >= 11 is 0. The molecule has 0 saturated carbocycles. The smallest absolute Gasteiger partial charge is 0.162 e. The maximum absolute atomic E-state index is 11.5. The summed E-state index contributed by atoms with van der Waals surface area (Å²) in [7, 11) is -0.965. The summed E-state index contributed by atoms with van der Waals surface area (Å²) in [6.07, 6.45) is 1.17. The van der Waals surface area contributed by atoms with Crippen LogP contribution >= 0.6 is 0 Å². The van der Waals surface area contributed by atoms with Crippen LogP contribution in [-0.2, 0) is 9.84 Å². The highest BCUT2D eigenvalue weighted by Crippen LogP contribution is 2.23. The van der Waals surface area contributed by atoms with Crippen LogP contribution in [0.2, 0.25) is 0 Å². The van der Waals surface area contributed by atoms with Crippen LogP contribution in [0, 0.1) is 0 Å². The van der Waals surface area contributed by atoms with Gasteiger partial charge < -0.3 is 4.90 Å². The zero-order valence-corrected chi connectivity index (χ0v) is 12.1. The van der Waals surface area contributed by atoms with Gasteiger partial charge in [-0.15, -0.1) is 0 Å². The summed E-state index contributed by atoms with van der Waals surface area (Å²) < 4.78 is 23.0. The second-order valence-corrected chi connectivity index (χ2v) is 7.22. The van der Waals surface area contributed by atoms with Crippen LogP contribution in [0.3, 0.4) is 0 Å². The predicted octanol–water partition coefficient (Wildman–Crippen LogP) is 1.90. The van der Waals surface area contributed by atoms with Gasteiger partial charge in [0.15, 0.2) is 15.6 Å². The minimum atomic E-state index is -2.87. The number of carbonyl (C=O) groups is 1. The van der Waals surface area contributed by atoms with Crippen molar-refractivity contribution in [3.63, 3.8) is 0 Å². The lowest BCUT2D eigenvalue weighted by Gasteiger charge is -2.25. The van der Waals surface area contributed by atoms with E-state index >= 15 is 0 Å². The molecule has 1 heterocycles. The highest BCUT2D eigenvalue weighted by molar-refractivity contribution is 7.91. The highest BCUT2D eigenvalue weighted by atomic mass is 32.2. The molecule has 0 bridgehead atoms. The third-order valence-corrected chi connectivity index (χ3v) is 5.42. The van der Waals surface area contributed by atoms with Crippen molar-refractivity contribution in [2.24, 2.45) is 0 Å². The number of Topliss-reactive ketones (excluding diaryl/α,β-unsaturated/α-hetero) is 1. The van der Waals surface area contributed by atoms with Gasteiger partial charge in [0.1, 0.15) is 0 Å². The number of hydrogen-bond acceptors (Lipinski definition) is 4. The first kappa shape index (κ1) is 14.1. The molecule has 1 saturated heterocycles. The molecule has 1 unspecified atom stereocenters. The fourth-order valence-electron chi connectivity index (χ4n) is 2.38. The number of hydrogen-bond donors (Lipinski definition) is 0. The Morgan fingerprint density at radius 3 is 2.42 bits per heavy atom. The average molecular weight is 281 g/mol. The van der Waals surface area contributed by atoms with Gasteiger partial charge in [0.2, 0.25) is 0 Å². The molecule has 1 aliphatic heterocycles. The Balaban J connectivity index is 2.12. The zero-order chi connectivity index (χ0) is 14.0. The van der Waals surface area contributed by atoms with Gasteiger partial charge >= 0.3 is 0 Å². The van der Waals surface area contributed by atoms with Crippen LogP contribution in [0.15, 0.2) is 24.3 Å². The SMILES string of the molecule is CCC(=O)c1ccc(N(C)C2CCS(=O)(=O)C2)cc1. The Morgan fingerprint density at radius 1 is 1.32 bits per heavy atom. The molecule has 0 aliphatic carbocycles. The minimum Gasteiger partial charge on any atom is -0.371 e. The van der Waals surface area contributed by atoms with Gasteiger partial charge in [-0.2, -0.15) is 0 Å². The number of sulfone groups is 1. The summed E-state index contributed by atoms with van der Waals surface area (Å²) in [4.78, 5) is 13.5. The van der Waals surface area contributed by atoms with Crippen LogP contribution in [-0.4, -0.2) is 38.8 Å². The fraction of sp³-hybridized carbons (Fsp3) is 0.500. The normalized spacial score (nSPS) is 21.3. The van der Waals surface area contributed by atoms with Gasteiger partial charge in [-0.25, -0.2) is 8.42 Å². The van der Waals surface area contributed by atoms with Crippen LogP contribution < -0.4 is 4.90 Å². The van der Waals surface area contributed by atoms with E-state index in [1.54, 1.807) is 12.1 Å². The molecular formula is C14H19NO3S. The third kappa shape index (κ3) is 3.15. The molecule has 0 spiro atoms. The van der Waals surface area contributed by atoms with Crippen molar-refractivity contribution in [1.29, 1.82) is 0 Å². The van der Waals surface area contributed by atoms with E-state index in [4.69, 9.17) is 0 Å². The third-order valence-electron chi connectivity index (χ3n) is 3.67. The first-order valence-electron chi connectivity index (χ1n) is 6.49. The van der Waals surface area contributed by atoms with E-state index in [0.717, 1.165) is 5.69 Å². The molecule has 4 nitrogen and oxygen atoms in total. The highest BCUT2D eigenvalue weighted by Gasteiger charge is 2.30. The minimum absolute atomic E-state index is 0.0396. The molecule has 1 atom stereocenters. The first-order valence-corrected chi connectivity index (χ1v) is 8.31. The van der Waals surface area contributed by atoms with Gasteiger partial charge in [0.05, 0.1) is 11.5 Å². The summed E-state index contributed by atoms with van der Waals surface area (Å²) in [6, 6.07) is 7.42. The van der Waals surface area contributed by atoms with Crippen LogP contribution in [0.4, 0.5) is 5.69 Å². The molecule has 0 amide bonds. The number of ketones is 1. The lowest BCUT2D eigenvalue weighted by Crippen LogP contribution is -2.32. The summed E-state index contributed by atoms with van der Waals surface area (Å²) in [5.41, 5.74) is 1.66. The van der Waals surface area contributed by atoms with Crippen molar-refractivity contribution in [2.75, 3.05) is 23.5 Å². The molecule has 5 heteroatoms. The van der Waals surface area contributed by atoms with E-state index in [0.29, 0.717) is 18.4 Å². The second kappa shape index (κ2) is 5.33. The average Bonchev–Trinajstić information content (AvgIpc) is 2.77. The standard InChI is InChI=1S/C14H19NO3S/c1-3-14(16)11-4-6-12(7-5-11)15(2)13-8-9-19(17,18)10-13/h4-7,13H,3,8-10H2,1-2H3. The zero-order valence-electron chi connectivity index (χ0n) is 11.3. The Labute approximate surface area is 114 Å². The van der Waals surface area contributed by atoms with Crippen molar-refractivity contribution in [1.82, 2.24) is 0 Å². The van der Waals surface area contributed by atoms with E-state index in [9.17, 15) is 13.2 Å². The number of anilines is 1. The van der Waals surface area contributed by atoms with E-state index < -0.39 is 9.84 Å². The fourth-order valence-corrected chi connectivity index (χ4v) is 4.15. The van der Waals surface area contributed by atoms with Crippen molar-refractivity contribution in [3.8, 4) is 0 Å². The van der Waals surface area contributed by atoms with Crippen LogP contribution in [0.25, 0.3) is 0 Å². The molecule has 104 valence electrons. The van der Waals surface area contributed by atoms with Crippen molar-refractivity contribution in [3.05, 3.63) is 29.8 Å². The van der Waals surface area contributed by atoms with Crippen LogP contribution in [0.1, 0.15) is 30.1 Å². The lowest BCUT2D eigenvalue weighted by molar-refractivity contribution is 0.0988. The summed E-state index contributed by atoms with van der Waals surface area (Å²) in [6.45, 7) is 1.84. The lowest BCUT2D eigenvalue weighted by atomic mass is 10.1. The molecule has 0 N–H and O–H groups in total. The number of rotatable bonds is 4. The number of carbonyl (C=O) groups excluding carboxylic acids is 1. The van der Waals surface area contributed by atoms with Gasteiger partial charge in [0, 0.05) is 30.8 Å². The Hall–Kier alpha value is -1.36. The van der Waals surface area contributed by atoms with Crippen LogP contribution in [0.5, 0.6) is 0 Å². The number of nitrogens with zero attached hydrogens (tertiary/aromatic N) is 1. The number of benzene rings is 1. The molecular weight excluding hydrogens is 262 g/mol. The second-order valence-electron chi connectivity index (χ2n) is 4.99. The molecule has 1 aromatic carbocycles. The van der Waals surface area contributed by atoms with Gasteiger partial charge in [-0.05, 0) is 30.7 Å². The van der Waals surface area contributed by atoms with E-state index in [-0.39, 0.29) is 23.3 Å². The molecule has 1 aliphatic rings. The van der Waals surface area contributed by atoms with Gasteiger partial charge in [0.25, 0.3) is 0 Å². The Morgan fingerprint density at radius 2 is 1.95 bits per heavy atom. The van der Waals surface area contributed by atoms with E-state index in [1.165, 1.54) is 0 Å².